The summed E-state index contributed by atoms with van der Waals surface area (Å²) in [5, 5.41) is 2.53. The van der Waals surface area contributed by atoms with Crippen LogP contribution in [0.1, 0.15) is 27.6 Å². The van der Waals surface area contributed by atoms with Crippen LogP contribution in [0.3, 0.4) is 0 Å². The van der Waals surface area contributed by atoms with E-state index in [-0.39, 0.29) is 15.8 Å². The number of Topliss-reactive ketones (excluding diaryl/α,β-unsaturated/α-hetero) is 1. The Morgan fingerprint density at radius 1 is 1.17 bits per heavy atom. The molecule has 24 heavy (non-hydrogen) atoms. The number of halogens is 2. The van der Waals surface area contributed by atoms with Crippen molar-refractivity contribution < 1.29 is 23.5 Å². The van der Waals surface area contributed by atoms with Crippen LogP contribution in [0.25, 0.3) is 0 Å². The number of rotatable bonds is 5. The number of ketones is 1. The summed E-state index contributed by atoms with van der Waals surface area (Å²) in [4.78, 5) is 35.0. The molecule has 0 aliphatic heterocycles. The third kappa shape index (κ3) is 4.73. The molecular formula is C17H13BrFNO4. The summed E-state index contributed by atoms with van der Waals surface area (Å²) in [6, 6.07) is 9.91. The number of nitrogens with one attached hydrogen (secondary N) is 1. The van der Waals surface area contributed by atoms with Gasteiger partial charge in [-0.15, -0.1) is 0 Å². The minimum absolute atomic E-state index is 0.114. The van der Waals surface area contributed by atoms with Crippen molar-refractivity contribution in [3.05, 3.63) is 63.9 Å². The maximum absolute atomic E-state index is 13.0. The molecule has 0 saturated carbocycles. The van der Waals surface area contributed by atoms with Crippen LogP contribution in [0, 0.1) is 5.82 Å². The van der Waals surface area contributed by atoms with Gasteiger partial charge < -0.3 is 10.1 Å². The first kappa shape index (κ1) is 17.8. The first-order valence-corrected chi connectivity index (χ1v) is 7.69. The van der Waals surface area contributed by atoms with E-state index in [0.717, 1.165) is 12.1 Å². The van der Waals surface area contributed by atoms with Crippen LogP contribution >= 0.6 is 15.9 Å². The van der Waals surface area contributed by atoms with Crippen molar-refractivity contribution in [2.75, 3.05) is 11.9 Å². The fraction of sp³-hybridized carbons (Fsp3) is 0.118. The van der Waals surface area contributed by atoms with Crippen molar-refractivity contribution in [2.45, 2.75) is 6.92 Å². The molecule has 1 N–H and O–H groups in total. The van der Waals surface area contributed by atoms with Gasteiger partial charge in [-0.3, -0.25) is 9.59 Å². The van der Waals surface area contributed by atoms with Crippen molar-refractivity contribution in [3.63, 3.8) is 0 Å². The molecule has 7 heteroatoms. The third-order valence-electron chi connectivity index (χ3n) is 3.04. The summed E-state index contributed by atoms with van der Waals surface area (Å²) in [5.41, 5.74) is 0.995. The molecule has 0 heterocycles. The molecule has 0 fully saturated rings. The second-order valence-corrected chi connectivity index (χ2v) is 5.74. The Morgan fingerprint density at radius 2 is 1.92 bits per heavy atom. The van der Waals surface area contributed by atoms with Crippen molar-refractivity contribution >= 4 is 39.3 Å². The number of esters is 1. The lowest BCUT2D eigenvalue weighted by atomic mass is 10.1. The molecule has 5 nitrogen and oxygen atoms in total. The van der Waals surface area contributed by atoms with Gasteiger partial charge in [-0.05, 0) is 53.2 Å². The van der Waals surface area contributed by atoms with Crippen LogP contribution in [-0.4, -0.2) is 24.3 Å². The van der Waals surface area contributed by atoms with E-state index in [4.69, 9.17) is 4.74 Å². The topological polar surface area (TPSA) is 72.5 Å². The molecule has 0 bridgehead atoms. The van der Waals surface area contributed by atoms with E-state index in [2.05, 4.69) is 21.2 Å². The molecule has 2 aromatic rings. The average molecular weight is 394 g/mol. The second kappa shape index (κ2) is 7.83. The molecule has 0 saturated heterocycles. The molecule has 0 aromatic heterocycles. The first-order valence-electron chi connectivity index (χ1n) is 6.90. The van der Waals surface area contributed by atoms with Gasteiger partial charge in [0, 0.05) is 15.7 Å². The van der Waals surface area contributed by atoms with E-state index < -0.39 is 24.3 Å². The SMILES string of the molecule is CC(=O)c1cccc(NC(=O)COC(=O)c2ccc(F)cc2Br)c1. The zero-order valence-corrected chi connectivity index (χ0v) is 14.2. The monoisotopic (exact) mass is 393 g/mol. The molecule has 2 aromatic carbocycles. The number of anilines is 1. The molecule has 2 rings (SSSR count). The minimum atomic E-state index is -0.755. The highest BCUT2D eigenvalue weighted by molar-refractivity contribution is 9.10. The highest BCUT2D eigenvalue weighted by Gasteiger charge is 2.14. The summed E-state index contributed by atoms with van der Waals surface area (Å²) >= 11 is 3.06. The number of ether oxygens (including phenoxy) is 1. The Balaban J connectivity index is 1.94. The van der Waals surface area contributed by atoms with Gasteiger partial charge in [-0.2, -0.15) is 0 Å². The van der Waals surface area contributed by atoms with E-state index in [9.17, 15) is 18.8 Å². The van der Waals surface area contributed by atoms with Gasteiger partial charge in [0.25, 0.3) is 5.91 Å². The fourth-order valence-electron chi connectivity index (χ4n) is 1.88. The minimum Gasteiger partial charge on any atom is -0.452 e. The van der Waals surface area contributed by atoms with E-state index in [1.54, 1.807) is 18.2 Å². The highest BCUT2D eigenvalue weighted by atomic mass is 79.9. The molecule has 0 aliphatic carbocycles. The van der Waals surface area contributed by atoms with E-state index >= 15 is 0 Å². The van der Waals surface area contributed by atoms with Crippen LogP contribution in [0.2, 0.25) is 0 Å². The van der Waals surface area contributed by atoms with E-state index in [0.29, 0.717) is 11.3 Å². The van der Waals surface area contributed by atoms with Gasteiger partial charge >= 0.3 is 5.97 Å². The Kier molecular flexibility index (Phi) is 5.81. The average Bonchev–Trinajstić information content (AvgIpc) is 2.53. The molecule has 1 amide bonds. The number of hydrogen-bond donors (Lipinski definition) is 1. The quantitative estimate of drug-likeness (QED) is 0.622. The Hall–Kier alpha value is -2.54. The maximum Gasteiger partial charge on any atom is 0.339 e. The predicted octanol–water partition coefficient (Wildman–Crippen LogP) is 3.59. The van der Waals surface area contributed by atoms with Crippen LogP contribution in [0.15, 0.2) is 46.9 Å². The first-order chi connectivity index (χ1) is 11.4. The second-order valence-electron chi connectivity index (χ2n) is 4.89. The zero-order valence-electron chi connectivity index (χ0n) is 12.6. The van der Waals surface area contributed by atoms with E-state index in [1.165, 1.54) is 19.1 Å². The number of benzene rings is 2. The van der Waals surface area contributed by atoms with Gasteiger partial charge in [0.2, 0.25) is 0 Å². The van der Waals surface area contributed by atoms with Crippen LogP contribution < -0.4 is 5.32 Å². The van der Waals surface area contributed by atoms with Crippen LogP contribution in [-0.2, 0) is 9.53 Å². The van der Waals surface area contributed by atoms with Gasteiger partial charge in [-0.1, -0.05) is 12.1 Å². The van der Waals surface area contributed by atoms with Crippen LogP contribution in [0.4, 0.5) is 10.1 Å². The summed E-state index contributed by atoms with van der Waals surface area (Å²) < 4.78 is 18.1. The Labute approximate surface area is 145 Å². The largest absolute Gasteiger partial charge is 0.452 e. The summed E-state index contributed by atoms with van der Waals surface area (Å²) in [6.45, 7) is 0.913. The highest BCUT2D eigenvalue weighted by Crippen LogP contribution is 2.19. The van der Waals surface area contributed by atoms with Gasteiger partial charge in [0.05, 0.1) is 5.56 Å². The maximum atomic E-state index is 13.0. The molecule has 0 spiro atoms. The lowest BCUT2D eigenvalue weighted by molar-refractivity contribution is -0.119. The lowest BCUT2D eigenvalue weighted by Gasteiger charge is -2.08. The van der Waals surface area contributed by atoms with Crippen molar-refractivity contribution in [1.82, 2.24) is 0 Å². The number of hydrogen-bond acceptors (Lipinski definition) is 4. The molecule has 0 aliphatic rings. The summed E-state index contributed by atoms with van der Waals surface area (Å²) in [6.07, 6.45) is 0. The van der Waals surface area contributed by atoms with Crippen molar-refractivity contribution in [3.8, 4) is 0 Å². The van der Waals surface area contributed by atoms with Gasteiger partial charge in [0.1, 0.15) is 5.82 Å². The molecule has 124 valence electrons. The smallest absolute Gasteiger partial charge is 0.339 e. The van der Waals surface area contributed by atoms with Gasteiger partial charge in [-0.25, -0.2) is 9.18 Å². The van der Waals surface area contributed by atoms with E-state index in [1.807, 2.05) is 0 Å². The number of amides is 1. The fourth-order valence-corrected chi connectivity index (χ4v) is 2.39. The molecule has 0 unspecified atom stereocenters. The standard InChI is InChI=1S/C17H13BrFNO4/c1-10(21)11-3-2-4-13(7-11)20-16(22)9-24-17(23)14-6-5-12(19)8-15(14)18/h2-8H,9H2,1H3,(H,20,22). The predicted molar refractivity (Wildman–Crippen MR) is 89.5 cm³/mol. The molecule has 0 radical (unpaired) electrons. The van der Waals surface area contributed by atoms with Gasteiger partial charge in [0.15, 0.2) is 12.4 Å². The van der Waals surface area contributed by atoms with Crippen LogP contribution in [0.5, 0.6) is 0 Å². The Bertz CT molecular complexity index is 807. The number of carbonyl (C=O) groups is 3. The van der Waals surface area contributed by atoms with Crippen molar-refractivity contribution in [1.29, 1.82) is 0 Å². The Morgan fingerprint density at radius 3 is 2.58 bits per heavy atom. The lowest BCUT2D eigenvalue weighted by Crippen LogP contribution is -2.21. The summed E-state index contributed by atoms with van der Waals surface area (Å²) in [7, 11) is 0. The third-order valence-corrected chi connectivity index (χ3v) is 3.69. The summed E-state index contributed by atoms with van der Waals surface area (Å²) in [5.74, 6) is -1.93. The molecule has 0 atom stereocenters. The number of carbonyl (C=O) groups excluding carboxylic acids is 3. The van der Waals surface area contributed by atoms with Crippen molar-refractivity contribution in [2.24, 2.45) is 0 Å². The normalized spacial score (nSPS) is 10.1. The molecular weight excluding hydrogens is 381 g/mol. The zero-order chi connectivity index (χ0) is 17.7.